The lowest BCUT2D eigenvalue weighted by Gasteiger charge is -2.19. The maximum atomic E-state index is 9.03. The molecule has 0 bridgehead atoms. The van der Waals surface area contributed by atoms with Crippen LogP contribution in [0.2, 0.25) is 0 Å². The van der Waals surface area contributed by atoms with Crippen LogP contribution in [-0.4, -0.2) is 0 Å². The number of hydrogen-bond donors (Lipinski definition) is 0. The van der Waals surface area contributed by atoms with Crippen LogP contribution < -0.4 is 0 Å². The van der Waals surface area contributed by atoms with Crippen LogP contribution in [0.4, 0.5) is 0 Å². The minimum atomic E-state index is 0.554. The summed E-state index contributed by atoms with van der Waals surface area (Å²) in [6, 6.07) is 45.5. The fourth-order valence-corrected chi connectivity index (χ4v) is 5.43. The van der Waals surface area contributed by atoms with Gasteiger partial charge in [-0.15, -0.1) is 0 Å². The molecule has 0 aliphatic carbocycles. The fraction of sp³-hybridized carbons (Fsp3) is 0. The zero-order valence-corrected chi connectivity index (χ0v) is 18.6. The Hall–Kier alpha value is -4.42. The summed E-state index contributed by atoms with van der Waals surface area (Å²) in [6.07, 6.45) is 0. The Labute approximate surface area is 200 Å². The first-order valence-electron chi connectivity index (χ1n) is 12.2. The second-order valence-corrected chi connectivity index (χ2v) is 8.84. The van der Waals surface area contributed by atoms with Crippen LogP contribution >= 0.6 is 0 Å². The van der Waals surface area contributed by atoms with Gasteiger partial charge in [-0.25, -0.2) is 0 Å². The minimum Gasteiger partial charge on any atom is -0.0616 e. The van der Waals surface area contributed by atoms with Crippen molar-refractivity contribution in [2.75, 3.05) is 0 Å². The molecule has 0 radical (unpaired) electrons. The molecule has 7 rings (SSSR count). The second-order valence-electron chi connectivity index (χ2n) is 8.84. The van der Waals surface area contributed by atoms with Crippen molar-refractivity contribution in [1.29, 1.82) is 0 Å². The average Bonchev–Trinajstić information content (AvgIpc) is 2.91. The molecule has 0 amide bonds. The lowest BCUT2D eigenvalue weighted by Crippen LogP contribution is -1.91. The van der Waals surface area contributed by atoms with E-state index in [1.165, 1.54) is 49.0 Å². The molecule has 0 aliphatic heterocycles. The summed E-state index contributed by atoms with van der Waals surface area (Å²) in [4.78, 5) is 0. The first-order chi connectivity index (χ1) is 17.3. The van der Waals surface area contributed by atoms with Gasteiger partial charge in [0.15, 0.2) is 0 Å². The highest BCUT2D eigenvalue weighted by molar-refractivity contribution is 6.23. The normalized spacial score (nSPS) is 11.9. The summed E-state index contributed by atoms with van der Waals surface area (Å²) in [5.74, 6) is 0. The highest BCUT2D eigenvalue weighted by Crippen LogP contribution is 2.45. The van der Waals surface area contributed by atoms with E-state index in [9.17, 15) is 0 Å². The molecule has 7 aromatic carbocycles. The summed E-state index contributed by atoms with van der Waals surface area (Å²) in [5, 5.41) is 9.40. The Balaban J connectivity index is 1.68. The molecule has 0 heteroatoms. The van der Waals surface area contributed by atoms with Crippen molar-refractivity contribution in [3.63, 3.8) is 0 Å². The maximum Gasteiger partial charge on any atom is 0.0629 e. The molecule has 34 heavy (non-hydrogen) atoms. The molecule has 0 fully saturated rings. The number of benzene rings is 7. The zero-order chi connectivity index (χ0) is 23.4. The van der Waals surface area contributed by atoms with Gasteiger partial charge in [-0.05, 0) is 71.4 Å². The molecule has 0 atom stereocenters. The summed E-state index contributed by atoms with van der Waals surface area (Å²) in [6.45, 7) is 0. The largest absolute Gasteiger partial charge is 0.0629 e. The molecule has 0 saturated carbocycles. The van der Waals surface area contributed by atoms with Crippen LogP contribution in [0.15, 0.2) is 133 Å². The Morgan fingerprint density at radius 1 is 0.382 bits per heavy atom. The monoisotopic (exact) mass is 431 g/mol. The summed E-state index contributed by atoms with van der Waals surface area (Å²) in [7, 11) is 0. The molecule has 0 aliphatic rings. The average molecular weight is 432 g/mol. The van der Waals surface area contributed by atoms with Crippen molar-refractivity contribution in [3.05, 3.63) is 133 Å². The van der Waals surface area contributed by atoms with Gasteiger partial charge in [0.2, 0.25) is 0 Å². The molecular weight excluding hydrogens is 408 g/mol. The van der Waals surface area contributed by atoms with E-state index in [4.69, 9.17) is 1.37 Å². The van der Waals surface area contributed by atoms with E-state index in [1.54, 1.807) is 0 Å². The van der Waals surface area contributed by atoms with Crippen LogP contribution in [0, 0.1) is 0 Å². The molecule has 0 spiro atoms. The molecule has 7 aromatic rings. The topological polar surface area (TPSA) is 0 Å². The molecule has 0 heterocycles. The van der Waals surface area contributed by atoms with Crippen LogP contribution in [0.1, 0.15) is 1.37 Å². The molecule has 158 valence electrons. The predicted molar refractivity (Wildman–Crippen MR) is 147 cm³/mol. The summed E-state index contributed by atoms with van der Waals surface area (Å²) >= 11 is 0. The molecule has 0 unspecified atom stereocenters. The van der Waals surface area contributed by atoms with Crippen LogP contribution in [0.5, 0.6) is 0 Å². The predicted octanol–water partition coefficient (Wildman–Crippen LogP) is 9.63. The van der Waals surface area contributed by atoms with Crippen molar-refractivity contribution in [2.45, 2.75) is 0 Å². The highest BCUT2D eigenvalue weighted by atomic mass is 14.2. The van der Waals surface area contributed by atoms with E-state index in [1.807, 2.05) is 12.1 Å². The van der Waals surface area contributed by atoms with E-state index >= 15 is 0 Å². The lowest BCUT2D eigenvalue weighted by atomic mass is 9.84. The van der Waals surface area contributed by atoms with Gasteiger partial charge < -0.3 is 0 Å². The minimum absolute atomic E-state index is 0.554. The quantitative estimate of drug-likeness (QED) is 0.239. The van der Waals surface area contributed by atoms with E-state index in [-0.39, 0.29) is 0 Å². The first kappa shape index (κ1) is 18.1. The summed E-state index contributed by atoms with van der Waals surface area (Å²) in [5.41, 5.74) is 4.69. The van der Waals surface area contributed by atoms with Crippen LogP contribution in [-0.2, 0) is 0 Å². The van der Waals surface area contributed by atoms with Gasteiger partial charge in [0.25, 0.3) is 0 Å². The van der Waals surface area contributed by atoms with Crippen molar-refractivity contribution in [3.8, 4) is 22.3 Å². The molecular formula is C34H22. The van der Waals surface area contributed by atoms with Crippen LogP contribution in [0.3, 0.4) is 0 Å². The molecule has 0 saturated heterocycles. The number of hydrogen-bond acceptors (Lipinski definition) is 0. The van der Waals surface area contributed by atoms with E-state index in [0.29, 0.717) is 6.04 Å². The van der Waals surface area contributed by atoms with Gasteiger partial charge in [0.1, 0.15) is 0 Å². The van der Waals surface area contributed by atoms with Gasteiger partial charge in [0.05, 0.1) is 1.37 Å². The van der Waals surface area contributed by atoms with E-state index in [0.717, 1.165) is 16.3 Å². The van der Waals surface area contributed by atoms with Gasteiger partial charge in [-0.1, -0.05) is 127 Å². The van der Waals surface area contributed by atoms with Crippen molar-refractivity contribution in [1.82, 2.24) is 0 Å². The van der Waals surface area contributed by atoms with Gasteiger partial charge >= 0.3 is 0 Å². The smallest absolute Gasteiger partial charge is 0.0616 e. The molecule has 0 N–H and O–H groups in total. The SMILES string of the molecule is [2H]c1cccc2c(-c3ccc4ccccc4c3)c3ccccc3c(-c3cccc4ccccc34)c12. The van der Waals surface area contributed by atoms with Crippen molar-refractivity contribution < 1.29 is 1.37 Å². The van der Waals surface area contributed by atoms with Crippen molar-refractivity contribution >= 4 is 43.1 Å². The van der Waals surface area contributed by atoms with Crippen molar-refractivity contribution in [2.24, 2.45) is 0 Å². The highest BCUT2D eigenvalue weighted by Gasteiger charge is 2.17. The second kappa shape index (κ2) is 7.57. The number of fused-ring (bicyclic) bond motifs is 4. The van der Waals surface area contributed by atoms with Gasteiger partial charge in [-0.3, -0.25) is 0 Å². The molecule has 0 aromatic heterocycles. The Morgan fingerprint density at radius 3 is 1.79 bits per heavy atom. The molecule has 0 nitrogen and oxygen atoms in total. The third kappa shape index (κ3) is 2.86. The van der Waals surface area contributed by atoms with E-state index < -0.39 is 0 Å². The first-order valence-corrected chi connectivity index (χ1v) is 11.7. The summed E-state index contributed by atoms with van der Waals surface area (Å²) < 4.78 is 9.03. The maximum absolute atomic E-state index is 9.03. The third-order valence-electron chi connectivity index (χ3n) is 6.94. The van der Waals surface area contributed by atoms with Gasteiger partial charge in [-0.2, -0.15) is 0 Å². The standard InChI is InChI=1S/C34H22/c1-2-12-25-22-26(21-20-23(25)10-1)33-29-15-5-7-17-31(29)34(32-18-8-6-16-30(32)33)28-19-9-13-24-11-3-4-14-27(24)28/h1-22H/i17D. The fourth-order valence-electron chi connectivity index (χ4n) is 5.43. The van der Waals surface area contributed by atoms with Gasteiger partial charge in [0, 0.05) is 0 Å². The number of rotatable bonds is 2. The Kier molecular flexibility index (Phi) is 4.02. The Morgan fingerprint density at radius 2 is 0.971 bits per heavy atom. The lowest BCUT2D eigenvalue weighted by molar-refractivity contribution is 1.68. The zero-order valence-electron chi connectivity index (χ0n) is 19.6. The Bertz CT molecular complexity index is 1910. The third-order valence-corrected chi connectivity index (χ3v) is 6.94. The van der Waals surface area contributed by atoms with E-state index in [2.05, 4.69) is 115 Å². The van der Waals surface area contributed by atoms with Crippen LogP contribution in [0.25, 0.3) is 65.3 Å².